The lowest BCUT2D eigenvalue weighted by atomic mass is 9.94. The van der Waals surface area contributed by atoms with Gasteiger partial charge in [-0.2, -0.15) is 20.4 Å². The Morgan fingerprint density at radius 2 is 0.553 bits per heavy atom. The third kappa shape index (κ3) is 22.5. The summed E-state index contributed by atoms with van der Waals surface area (Å²) in [6.45, 7) is 29.1. The van der Waals surface area contributed by atoms with E-state index in [0.717, 1.165) is 157 Å². The fourth-order valence-corrected chi connectivity index (χ4v) is 14.0. The van der Waals surface area contributed by atoms with E-state index in [4.69, 9.17) is 18.9 Å². The van der Waals surface area contributed by atoms with Crippen molar-refractivity contribution in [3.8, 4) is 91.8 Å². The van der Waals surface area contributed by atoms with Gasteiger partial charge in [-0.15, -0.1) is 20.4 Å². The van der Waals surface area contributed by atoms with Crippen molar-refractivity contribution in [3.63, 3.8) is 0 Å². The lowest BCUT2D eigenvalue weighted by Crippen LogP contribution is -2.05. The standard InChI is InChI=1S/2C25H27N5O.2C24H25N5O.CH4/c2*1-16-6-8-20(9-7-16)17(2)12-22-18(3)13-23(29-28-22)21-10-11-24(25(27-21)31-5)30-14-19(4)26-15-30;1-16-5-7-19(8-6-16)17(2)13-20-9-10-22(28-27-20)21-11-12-23(24(26-21)30-4)29-14-18(3)25-15-29;1-16-5-7-19(8-6-16)9-10-20-17(2)13-22(28-27-20)21-11-12-23(24(26-21)30-4)29-14-18(3)25-15-29;/h2*6-11,13-15,17H,12H2,1-5H3;5-12,14-15,17H,13H2,1-4H3;5-8,11-15H,9-10H2,1-4H3;1H4/t3*17-;;/m101../s1. The van der Waals surface area contributed by atoms with Crippen molar-refractivity contribution >= 4 is 0 Å². The number of aryl methyl sites for hydroxylation is 13. The van der Waals surface area contributed by atoms with E-state index in [1.54, 1.807) is 53.7 Å². The van der Waals surface area contributed by atoms with Crippen LogP contribution >= 0.6 is 0 Å². The minimum absolute atomic E-state index is 0. The highest BCUT2D eigenvalue weighted by molar-refractivity contribution is 5.63. The minimum atomic E-state index is 0. The molecule has 123 heavy (non-hydrogen) atoms. The summed E-state index contributed by atoms with van der Waals surface area (Å²) in [5, 5.41) is 35.7. The van der Waals surface area contributed by atoms with Gasteiger partial charge in [0.05, 0.1) is 122 Å². The van der Waals surface area contributed by atoms with E-state index in [1.807, 2.05) is 150 Å². The molecule has 12 aromatic heterocycles. The molecule has 0 spiro atoms. The molecular formula is C99H108N20O4. The first-order chi connectivity index (χ1) is 58.9. The summed E-state index contributed by atoms with van der Waals surface area (Å²) < 4.78 is 29.7. The van der Waals surface area contributed by atoms with E-state index in [9.17, 15) is 0 Å². The van der Waals surface area contributed by atoms with Gasteiger partial charge in [-0.1, -0.05) is 148 Å². The molecule has 0 saturated heterocycles. The Morgan fingerprint density at radius 3 is 0.829 bits per heavy atom. The average Bonchev–Trinajstić information content (AvgIpc) is 1.80. The van der Waals surface area contributed by atoms with Crippen LogP contribution in [0.15, 0.2) is 226 Å². The Labute approximate surface area is 721 Å². The number of ether oxygens (including phenoxy) is 4. The van der Waals surface area contributed by atoms with Gasteiger partial charge in [0.25, 0.3) is 0 Å². The van der Waals surface area contributed by atoms with E-state index in [1.165, 1.54) is 44.5 Å². The van der Waals surface area contributed by atoms with Crippen molar-refractivity contribution in [2.24, 2.45) is 0 Å². The van der Waals surface area contributed by atoms with Crippen molar-refractivity contribution in [1.82, 2.24) is 98.9 Å². The first kappa shape index (κ1) is 88.1. The summed E-state index contributed by atoms with van der Waals surface area (Å²) in [6.07, 6.45) is 19.1. The monoisotopic (exact) mass is 1640 g/mol. The zero-order chi connectivity index (χ0) is 86.1. The predicted octanol–water partition coefficient (Wildman–Crippen LogP) is 19.8. The number of imidazole rings is 4. The number of hydrogen-bond donors (Lipinski definition) is 0. The van der Waals surface area contributed by atoms with Crippen molar-refractivity contribution < 1.29 is 18.9 Å². The molecule has 0 fully saturated rings. The van der Waals surface area contributed by atoms with Gasteiger partial charge in [0, 0.05) is 24.8 Å². The lowest BCUT2D eigenvalue weighted by Gasteiger charge is -2.14. The number of nitrogens with zero attached hydrogens (tertiary/aromatic N) is 20. The van der Waals surface area contributed by atoms with Gasteiger partial charge < -0.3 is 37.2 Å². The Bertz CT molecular complexity index is 6010. The maximum Gasteiger partial charge on any atom is 0.238 e. The lowest BCUT2D eigenvalue weighted by molar-refractivity contribution is 0.396. The highest BCUT2D eigenvalue weighted by Crippen LogP contribution is 2.33. The first-order valence-corrected chi connectivity index (χ1v) is 40.8. The second-order valence-corrected chi connectivity index (χ2v) is 31.1. The smallest absolute Gasteiger partial charge is 0.238 e. The quantitative estimate of drug-likeness (QED) is 0.0544. The van der Waals surface area contributed by atoms with E-state index >= 15 is 0 Å². The van der Waals surface area contributed by atoms with Gasteiger partial charge in [0.1, 0.15) is 45.5 Å². The number of hydrogen-bond acceptors (Lipinski definition) is 20. The molecule has 12 heterocycles. The molecule has 24 heteroatoms. The first-order valence-electron chi connectivity index (χ1n) is 40.8. The summed E-state index contributed by atoms with van der Waals surface area (Å²) >= 11 is 0. The molecular weight excluding hydrogens is 1530 g/mol. The van der Waals surface area contributed by atoms with Crippen LogP contribution in [0.3, 0.4) is 0 Å². The molecule has 628 valence electrons. The Balaban J connectivity index is 0.000000149. The zero-order valence-corrected chi connectivity index (χ0v) is 72.7. The molecule has 0 bridgehead atoms. The van der Waals surface area contributed by atoms with Gasteiger partial charge in [-0.25, -0.2) is 39.9 Å². The fourth-order valence-electron chi connectivity index (χ4n) is 14.0. The Morgan fingerprint density at radius 1 is 0.276 bits per heavy atom. The fraction of sp³-hybridized carbons (Fsp3) is 0.273. The van der Waals surface area contributed by atoms with Crippen LogP contribution in [0.4, 0.5) is 0 Å². The molecule has 0 aliphatic carbocycles. The van der Waals surface area contributed by atoms with Crippen LogP contribution in [0.25, 0.3) is 68.3 Å². The number of rotatable bonds is 24. The molecule has 24 nitrogen and oxygen atoms in total. The third-order valence-corrected chi connectivity index (χ3v) is 21.3. The minimum Gasteiger partial charge on any atom is -0.479 e. The summed E-state index contributed by atoms with van der Waals surface area (Å²) in [6, 6.07) is 60.4. The third-order valence-electron chi connectivity index (χ3n) is 21.3. The summed E-state index contributed by atoms with van der Waals surface area (Å²) in [5.41, 5.74) is 30.5. The molecule has 0 amide bonds. The molecule has 3 atom stereocenters. The van der Waals surface area contributed by atoms with Crippen molar-refractivity contribution in [2.45, 2.75) is 154 Å². The van der Waals surface area contributed by atoms with Crippen LogP contribution in [0.2, 0.25) is 0 Å². The molecule has 0 aliphatic rings. The van der Waals surface area contributed by atoms with Crippen LogP contribution in [-0.2, 0) is 32.1 Å². The largest absolute Gasteiger partial charge is 0.479 e. The number of methoxy groups -OCH3 is 4. The van der Waals surface area contributed by atoms with Gasteiger partial charge in [-0.05, 0) is 244 Å². The topological polar surface area (TPSA) is 263 Å². The average molecular weight is 1640 g/mol. The molecule has 0 N–H and O–H groups in total. The molecule has 0 unspecified atom stereocenters. The molecule has 0 saturated carbocycles. The van der Waals surface area contributed by atoms with Crippen molar-refractivity contribution in [3.05, 3.63) is 333 Å². The predicted molar refractivity (Wildman–Crippen MR) is 484 cm³/mol. The Hall–Kier alpha value is -14.2. The Kier molecular flexibility index (Phi) is 29.2. The van der Waals surface area contributed by atoms with Crippen molar-refractivity contribution in [1.29, 1.82) is 0 Å². The summed E-state index contributed by atoms with van der Waals surface area (Å²) in [4.78, 5) is 35.7. The van der Waals surface area contributed by atoms with Gasteiger partial charge in [-0.3, -0.25) is 0 Å². The number of pyridine rings is 4. The van der Waals surface area contributed by atoms with E-state index in [2.05, 4.69) is 247 Å². The van der Waals surface area contributed by atoms with Gasteiger partial charge >= 0.3 is 0 Å². The molecule has 0 radical (unpaired) electrons. The highest BCUT2D eigenvalue weighted by Gasteiger charge is 2.21. The number of benzene rings is 4. The van der Waals surface area contributed by atoms with E-state index < -0.39 is 0 Å². The normalized spacial score (nSPS) is 11.7. The zero-order valence-electron chi connectivity index (χ0n) is 72.7. The SMILES string of the molecule is C.COc1nc(-c2cc(C)c(CCc3ccc(C)cc3)nn2)ccc1-n1cnc(C)c1.COc1nc(-c2cc(C)c(C[C@@H](C)c3ccc(C)cc3)nn2)ccc1-n1cnc(C)c1.COc1nc(-c2cc(C)c(C[C@H](C)c3ccc(C)cc3)nn2)ccc1-n1cnc(C)c1.COc1nc(-c2ccc(C[C@@H](C)c3ccc(C)cc3)nn2)ccc1-n1cnc(C)c1. The van der Waals surface area contributed by atoms with Gasteiger partial charge in [0.15, 0.2) is 0 Å². The second-order valence-electron chi connectivity index (χ2n) is 31.1. The molecule has 0 aliphatic heterocycles. The van der Waals surface area contributed by atoms with E-state index in [-0.39, 0.29) is 7.43 Å². The molecule has 16 rings (SSSR count). The van der Waals surface area contributed by atoms with Crippen LogP contribution in [0.1, 0.15) is 153 Å². The molecule has 16 aromatic rings. The van der Waals surface area contributed by atoms with Gasteiger partial charge in [0.2, 0.25) is 23.5 Å². The van der Waals surface area contributed by atoms with Crippen LogP contribution in [0, 0.1) is 76.2 Å². The maximum atomic E-state index is 5.53. The van der Waals surface area contributed by atoms with Crippen LogP contribution in [0.5, 0.6) is 23.5 Å². The summed E-state index contributed by atoms with van der Waals surface area (Å²) in [5.74, 6) is 3.20. The molecule has 4 aromatic carbocycles. The van der Waals surface area contributed by atoms with E-state index in [0.29, 0.717) is 47.0 Å². The second kappa shape index (κ2) is 40.7. The van der Waals surface area contributed by atoms with Crippen LogP contribution in [-0.4, -0.2) is 127 Å². The van der Waals surface area contributed by atoms with Crippen molar-refractivity contribution in [2.75, 3.05) is 28.4 Å². The highest BCUT2D eigenvalue weighted by atomic mass is 16.5. The summed E-state index contributed by atoms with van der Waals surface area (Å²) in [7, 11) is 6.46. The maximum absolute atomic E-state index is 5.53. The number of aromatic nitrogens is 20. The van der Waals surface area contributed by atoms with Crippen LogP contribution < -0.4 is 18.9 Å².